The molecule has 4 heterocycles. The van der Waals surface area contributed by atoms with Crippen molar-refractivity contribution in [3.05, 3.63) is 71.6 Å². The fourth-order valence-electron chi connectivity index (χ4n) is 3.34. The molecular formula is C24H21N5S. The second-order valence-corrected chi connectivity index (χ2v) is 9.27. The van der Waals surface area contributed by atoms with Gasteiger partial charge in [0, 0.05) is 35.2 Å². The van der Waals surface area contributed by atoms with Gasteiger partial charge in [0.05, 0.1) is 16.0 Å². The number of rotatable bonds is 2. The van der Waals surface area contributed by atoms with Crippen molar-refractivity contribution in [1.82, 2.24) is 19.4 Å². The Bertz CT molecular complexity index is 1420. The molecular weight excluding hydrogens is 390 g/mol. The average Bonchev–Trinajstić information content (AvgIpc) is 3.43. The second-order valence-electron chi connectivity index (χ2n) is 8.18. The lowest BCUT2D eigenvalue weighted by atomic mass is 10.1. The molecule has 1 aromatic carbocycles. The number of H-pyrrole nitrogens is 1. The third kappa shape index (κ3) is 3.56. The van der Waals surface area contributed by atoms with Gasteiger partial charge in [0.1, 0.15) is 11.5 Å². The van der Waals surface area contributed by atoms with Gasteiger partial charge in [-0.1, -0.05) is 17.9 Å². The minimum Gasteiger partial charge on any atom is -0.365 e. The lowest BCUT2D eigenvalue weighted by molar-refractivity contribution is 0.629. The summed E-state index contributed by atoms with van der Waals surface area (Å²) in [5.74, 6) is 7.54. The van der Waals surface area contributed by atoms with Crippen molar-refractivity contribution in [2.75, 3.05) is 5.32 Å². The maximum absolute atomic E-state index is 4.82. The molecule has 0 aliphatic heterocycles. The topological polar surface area (TPSA) is 58.0 Å². The highest BCUT2D eigenvalue weighted by atomic mass is 32.1. The summed E-state index contributed by atoms with van der Waals surface area (Å²) in [5, 5.41) is 4.79. The first kappa shape index (κ1) is 18.5. The minimum atomic E-state index is -0.0929. The zero-order valence-electron chi connectivity index (χ0n) is 17.0. The number of anilines is 1. The molecule has 5 aromatic rings. The third-order valence-corrected chi connectivity index (χ3v) is 5.66. The van der Waals surface area contributed by atoms with Crippen LogP contribution in [0.25, 0.3) is 27.1 Å². The third-order valence-electron chi connectivity index (χ3n) is 4.65. The fraction of sp³-hybridized carbons (Fsp3) is 0.167. The maximum atomic E-state index is 4.82. The molecule has 0 saturated heterocycles. The van der Waals surface area contributed by atoms with E-state index >= 15 is 0 Å². The maximum Gasteiger partial charge on any atom is 0.157 e. The van der Waals surface area contributed by atoms with Gasteiger partial charge in [0.25, 0.3) is 0 Å². The van der Waals surface area contributed by atoms with E-state index in [9.17, 15) is 0 Å². The van der Waals surface area contributed by atoms with Crippen LogP contribution >= 0.6 is 11.3 Å². The highest BCUT2D eigenvalue weighted by Gasteiger charge is 2.20. The van der Waals surface area contributed by atoms with Crippen LogP contribution in [0.4, 0.5) is 5.82 Å². The molecule has 148 valence electrons. The molecule has 0 bridgehead atoms. The van der Waals surface area contributed by atoms with Crippen LogP contribution in [0.5, 0.6) is 0 Å². The summed E-state index contributed by atoms with van der Waals surface area (Å²) >= 11 is 1.65. The van der Waals surface area contributed by atoms with E-state index in [2.05, 4.69) is 84.3 Å². The number of nitrogens with one attached hydrogen (secondary N) is 2. The predicted octanol–water partition coefficient (Wildman–Crippen LogP) is 5.55. The fourth-order valence-corrected chi connectivity index (χ4v) is 4.20. The van der Waals surface area contributed by atoms with E-state index in [4.69, 9.17) is 4.98 Å². The Morgan fingerprint density at radius 2 is 2.00 bits per heavy atom. The van der Waals surface area contributed by atoms with Gasteiger partial charge in [-0.15, -0.1) is 11.3 Å². The van der Waals surface area contributed by atoms with Gasteiger partial charge in [-0.25, -0.2) is 4.98 Å². The predicted molar refractivity (Wildman–Crippen MR) is 124 cm³/mol. The van der Waals surface area contributed by atoms with Crippen LogP contribution in [0.2, 0.25) is 0 Å². The Balaban J connectivity index is 1.51. The molecule has 0 amide bonds. The van der Waals surface area contributed by atoms with Gasteiger partial charge >= 0.3 is 0 Å². The van der Waals surface area contributed by atoms with Crippen LogP contribution in [0.1, 0.15) is 31.2 Å². The molecule has 0 unspecified atom stereocenters. The van der Waals surface area contributed by atoms with Gasteiger partial charge in [-0.05, 0) is 56.5 Å². The van der Waals surface area contributed by atoms with E-state index in [1.54, 1.807) is 23.7 Å². The Morgan fingerprint density at radius 1 is 1.10 bits per heavy atom. The first-order valence-electron chi connectivity index (χ1n) is 9.76. The quantitative estimate of drug-likeness (QED) is 0.375. The number of benzene rings is 1. The van der Waals surface area contributed by atoms with Crippen LogP contribution in [-0.2, 0) is 0 Å². The molecule has 4 aromatic heterocycles. The molecule has 30 heavy (non-hydrogen) atoms. The summed E-state index contributed by atoms with van der Waals surface area (Å²) in [6.07, 6.45) is 7.44. The normalized spacial score (nSPS) is 11.6. The number of nitrogens with zero attached hydrogens (tertiary/aromatic N) is 3. The van der Waals surface area contributed by atoms with E-state index in [0.29, 0.717) is 0 Å². The summed E-state index contributed by atoms with van der Waals surface area (Å²) in [6.45, 7) is 6.43. The number of hydrogen-bond acceptors (Lipinski definition) is 4. The first-order chi connectivity index (χ1) is 14.5. The molecule has 0 aliphatic carbocycles. The molecule has 0 fully saturated rings. The van der Waals surface area contributed by atoms with Gasteiger partial charge < -0.3 is 10.3 Å². The van der Waals surface area contributed by atoms with Crippen molar-refractivity contribution < 1.29 is 0 Å². The standard InChI is InChI=1S/C24H21N5S/c1-24(2,3)28-23-22(27-21-15-25-12-13-29(21)23)20-9-8-18(30-20)7-5-16-4-6-17-10-11-26-19(17)14-16/h4,6,8-15,26,28H,1-3H3. The van der Waals surface area contributed by atoms with Crippen molar-refractivity contribution >= 4 is 33.7 Å². The van der Waals surface area contributed by atoms with Crippen molar-refractivity contribution in [3.63, 3.8) is 0 Å². The summed E-state index contributed by atoms with van der Waals surface area (Å²) < 4.78 is 2.05. The molecule has 0 atom stereocenters. The molecule has 2 N–H and O–H groups in total. The van der Waals surface area contributed by atoms with E-state index in [1.807, 2.05) is 16.8 Å². The zero-order valence-corrected chi connectivity index (χ0v) is 17.8. The van der Waals surface area contributed by atoms with Gasteiger partial charge in [0.2, 0.25) is 0 Å². The van der Waals surface area contributed by atoms with Crippen molar-refractivity contribution in [2.45, 2.75) is 26.3 Å². The molecule has 0 radical (unpaired) electrons. The molecule has 5 nitrogen and oxygen atoms in total. The SMILES string of the molecule is CC(C)(C)Nc1c(-c2ccc(C#Cc3ccc4cc[nH]c4c3)s2)nc2cnccn12. The van der Waals surface area contributed by atoms with E-state index in [0.717, 1.165) is 38.0 Å². The van der Waals surface area contributed by atoms with E-state index in [-0.39, 0.29) is 5.54 Å². The monoisotopic (exact) mass is 411 g/mol. The van der Waals surface area contributed by atoms with E-state index in [1.165, 1.54) is 5.39 Å². The Morgan fingerprint density at radius 3 is 2.87 bits per heavy atom. The first-order valence-corrected chi connectivity index (χ1v) is 10.6. The number of fused-ring (bicyclic) bond motifs is 2. The minimum absolute atomic E-state index is 0.0929. The van der Waals surface area contributed by atoms with Crippen LogP contribution in [0, 0.1) is 11.8 Å². The zero-order chi connectivity index (χ0) is 20.7. The summed E-state index contributed by atoms with van der Waals surface area (Å²) in [4.78, 5) is 14.4. The van der Waals surface area contributed by atoms with Crippen LogP contribution < -0.4 is 5.32 Å². The van der Waals surface area contributed by atoms with Gasteiger partial charge in [-0.3, -0.25) is 9.38 Å². The van der Waals surface area contributed by atoms with Crippen LogP contribution in [0.15, 0.2) is 61.2 Å². The van der Waals surface area contributed by atoms with Crippen LogP contribution in [0.3, 0.4) is 0 Å². The number of hydrogen-bond donors (Lipinski definition) is 2. The van der Waals surface area contributed by atoms with Gasteiger partial charge in [-0.2, -0.15) is 0 Å². The second kappa shape index (κ2) is 7.05. The van der Waals surface area contributed by atoms with E-state index < -0.39 is 0 Å². The lowest BCUT2D eigenvalue weighted by Gasteiger charge is -2.22. The number of imidazole rings is 1. The molecule has 6 heteroatoms. The summed E-state index contributed by atoms with van der Waals surface area (Å²) in [5.41, 5.74) is 3.74. The van der Waals surface area contributed by atoms with Crippen molar-refractivity contribution in [2.24, 2.45) is 0 Å². The summed E-state index contributed by atoms with van der Waals surface area (Å²) in [6, 6.07) is 12.4. The molecule has 5 rings (SSSR count). The number of thiophene rings is 1. The van der Waals surface area contributed by atoms with Crippen molar-refractivity contribution in [1.29, 1.82) is 0 Å². The number of aromatic amines is 1. The largest absolute Gasteiger partial charge is 0.365 e. The lowest BCUT2D eigenvalue weighted by Crippen LogP contribution is -2.27. The summed E-state index contributed by atoms with van der Waals surface area (Å²) in [7, 11) is 0. The Kier molecular flexibility index (Phi) is 4.34. The number of aromatic nitrogens is 4. The van der Waals surface area contributed by atoms with Crippen molar-refractivity contribution in [3.8, 4) is 22.4 Å². The Hall–Kier alpha value is -3.56. The van der Waals surface area contributed by atoms with Gasteiger partial charge in [0.15, 0.2) is 5.65 Å². The smallest absolute Gasteiger partial charge is 0.157 e. The molecule has 0 spiro atoms. The molecule has 0 aliphatic rings. The average molecular weight is 412 g/mol. The highest BCUT2D eigenvalue weighted by Crippen LogP contribution is 2.34. The molecule has 0 saturated carbocycles. The highest BCUT2D eigenvalue weighted by molar-refractivity contribution is 7.16. The van der Waals surface area contributed by atoms with Crippen LogP contribution in [-0.4, -0.2) is 24.9 Å². The Labute approximate surface area is 178 Å².